The van der Waals surface area contributed by atoms with E-state index in [1.165, 1.54) is 57.4 Å². The molecule has 7 heteroatoms. The Bertz CT molecular complexity index is 1190. The van der Waals surface area contributed by atoms with Gasteiger partial charge in [0.1, 0.15) is 18.0 Å². The minimum absolute atomic E-state index is 0.0755. The molecule has 1 aromatic heterocycles. The average Bonchev–Trinajstić information content (AvgIpc) is 3.57. The first kappa shape index (κ1) is 24.8. The van der Waals surface area contributed by atoms with Crippen LogP contribution >= 0.6 is 11.6 Å². The summed E-state index contributed by atoms with van der Waals surface area (Å²) in [5, 5.41) is 0.557. The van der Waals surface area contributed by atoms with Crippen LogP contribution in [-0.2, 0) is 17.9 Å². The lowest BCUT2D eigenvalue weighted by molar-refractivity contribution is 0.0474. The number of carbonyl (C=O) groups excluding carboxylic acids is 1. The molecule has 2 aliphatic rings. The molecule has 0 amide bonds. The van der Waals surface area contributed by atoms with Gasteiger partial charge in [-0.25, -0.2) is 9.78 Å². The predicted molar refractivity (Wildman–Crippen MR) is 144 cm³/mol. The molecule has 2 saturated heterocycles. The minimum Gasteiger partial charge on any atom is -0.457 e. The Kier molecular flexibility index (Phi) is 7.85. The fraction of sp³-hybridized carbons (Fsp3) is 0.379. The normalized spacial score (nSPS) is 18.5. The summed E-state index contributed by atoms with van der Waals surface area (Å²) in [5.41, 5.74) is 10.1. The van der Waals surface area contributed by atoms with Gasteiger partial charge in [0.05, 0.1) is 0 Å². The zero-order chi connectivity index (χ0) is 24.9. The number of anilines is 1. The van der Waals surface area contributed by atoms with Gasteiger partial charge in [0.25, 0.3) is 0 Å². The van der Waals surface area contributed by atoms with E-state index < -0.39 is 5.97 Å². The van der Waals surface area contributed by atoms with E-state index in [1.807, 2.05) is 18.2 Å². The van der Waals surface area contributed by atoms with Crippen molar-refractivity contribution in [2.75, 3.05) is 31.9 Å². The standard InChI is InChI=1S/C29H33ClN4O2/c30-27-8-2-1-6-23(27)20-36-29(35)26-16-24(17-32-28(26)31)22-11-9-21(10-12-22)18-34-15-5-7-25(34)19-33-13-3-4-14-33/h1-2,6,8-12,16-17,25H,3-5,7,13-15,18-20H2,(H2,31,32)/t25-/m1/s1. The van der Waals surface area contributed by atoms with Crippen molar-refractivity contribution in [1.29, 1.82) is 0 Å². The number of ether oxygens (including phenoxy) is 1. The molecule has 0 spiro atoms. The summed E-state index contributed by atoms with van der Waals surface area (Å²) in [6, 6.07) is 18.2. The zero-order valence-electron chi connectivity index (χ0n) is 20.5. The summed E-state index contributed by atoms with van der Waals surface area (Å²) in [7, 11) is 0. The number of esters is 1. The van der Waals surface area contributed by atoms with Crippen LogP contribution in [0.1, 0.15) is 47.2 Å². The van der Waals surface area contributed by atoms with Crippen LogP contribution in [0.25, 0.3) is 11.1 Å². The Hall–Kier alpha value is -2.93. The number of likely N-dealkylation sites (tertiary alicyclic amines) is 2. The van der Waals surface area contributed by atoms with Crippen molar-refractivity contribution in [3.8, 4) is 11.1 Å². The first-order valence-electron chi connectivity index (χ1n) is 12.8. The SMILES string of the molecule is Nc1ncc(-c2ccc(CN3CCC[C@@H]3CN3CCCC3)cc2)cc1C(=O)OCc1ccccc1Cl. The van der Waals surface area contributed by atoms with Crippen molar-refractivity contribution in [3.63, 3.8) is 0 Å². The zero-order valence-corrected chi connectivity index (χ0v) is 21.3. The second-order valence-electron chi connectivity index (χ2n) is 9.80. The van der Waals surface area contributed by atoms with Crippen molar-refractivity contribution < 1.29 is 9.53 Å². The first-order valence-corrected chi connectivity index (χ1v) is 13.2. The highest BCUT2D eigenvalue weighted by Gasteiger charge is 2.27. The van der Waals surface area contributed by atoms with E-state index >= 15 is 0 Å². The Morgan fingerprint density at radius 3 is 2.58 bits per heavy atom. The summed E-state index contributed by atoms with van der Waals surface area (Å²) >= 11 is 6.17. The molecule has 5 rings (SSSR count). The number of hydrogen-bond donors (Lipinski definition) is 1. The van der Waals surface area contributed by atoms with E-state index in [4.69, 9.17) is 22.1 Å². The van der Waals surface area contributed by atoms with Crippen molar-refractivity contribution in [1.82, 2.24) is 14.8 Å². The van der Waals surface area contributed by atoms with E-state index in [1.54, 1.807) is 18.3 Å². The summed E-state index contributed by atoms with van der Waals surface area (Å²) in [4.78, 5) is 22.2. The van der Waals surface area contributed by atoms with E-state index in [9.17, 15) is 4.79 Å². The van der Waals surface area contributed by atoms with Crippen molar-refractivity contribution in [2.45, 2.75) is 44.9 Å². The third-order valence-corrected chi connectivity index (χ3v) is 7.66. The van der Waals surface area contributed by atoms with E-state index in [-0.39, 0.29) is 18.0 Å². The predicted octanol–water partition coefficient (Wildman–Crippen LogP) is 5.40. The van der Waals surface area contributed by atoms with Crippen LogP contribution in [0, 0.1) is 0 Å². The maximum Gasteiger partial charge on any atom is 0.342 e. The second kappa shape index (κ2) is 11.4. The lowest BCUT2D eigenvalue weighted by atomic mass is 10.0. The number of nitrogens with two attached hydrogens (primary N) is 1. The minimum atomic E-state index is -0.517. The topological polar surface area (TPSA) is 71.7 Å². The average molecular weight is 505 g/mol. The van der Waals surface area contributed by atoms with Gasteiger partial charge in [-0.1, -0.05) is 54.1 Å². The monoisotopic (exact) mass is 504 g/mol. The molecule has 2 N–H and O–H groups in total. The molecule has 2 fully saturated rings. The molecule has 188 valence electrons. The van der Waals surface area contributed by atoms with Gasteiger partial charge in [0.2, 0.25) is 0 Å². The van der Waals surface area contributed by atoms with Crippen LogP contribution in [0.5, 0.6) is 0 Å². The molecule has 1 atom stereocenters. The fourth-order valence-corrected chi connectivity index (χ4v) is 5.43. The van der Waals surface area contributed by atoms with Crippen molar-refractivity contribution in [2.24, 2.45) is 0 Å². The van der Waals surface area contributed by atoms with Gasteiger partial charge >= 0.3 is 5.97 Å². The number of rotatable bonds is 8. The molecular weight excluding hydrogens is 472 g/mol. The van der Waals surface area contributed by atoms with Crippen LogP contribution < -0.4 is 5.73 Å². The molecule has 3 heterocycles. The van der Waals surface area contributed by atoms with Crippen LogP contribution in [0.15, 0.2) is 60.8 Å². The van der Waals surface area contributed by atoms with Crippen LogP contribution in [-0.4, -0.2) is 53.0 Å². The van der Waals surface area contributed by atoms with Gasteiger partial charge in [0.15, 0.2) is 0 Å². The van der Waals surface area contributed by atoms with E-state index in [0.29, 0.717) is 11.1 Å². The molecule has 0 unspecified atom stereocenters. The Balaban J connectivity index is 1.23. The molecule has 6 nitrogen and oxygen atoms in total. The van der Waals surface area contributed by atoms with Crippen LogP contribution in [0.2, 0.25) is 5.02 Å². The van der Waals surface area contributed by atoms with E-state index in [0.717, 1.165) is 23.2 Å². The van der Waals surface area contributed by atoms with Crippen molar-refractivity contribution in [3.05, 3.63) is 82.5 Å². The Morgan fingerprint density at radius 1 is 1.03 bits per heavy atom. The highest BCUT2D eigenvalue weighted by atomic mass is 35.5. The molecule has 0 radical (unpaired) electrons. The summed E-state index contributed by atoms with van der Waals surface area (Å²) in [6.07, 6.45) is 6.95. The third-order valence-electron chi connectivity index (χ3n) is 7.29. The summed E-state index contributed by atoms with van der Waals surface area (Å²) in [6.45, 7) is 5.92. The van der Waals surface area contributed by atoms with Crippen LogP contribution in [0.3, 0.4) is 0 Å². The van der Waals surface area contributed by atoms with Gasteiger partial charge < -0.3 is 15.4 Å². The molecule has 0 saturated carbocycles. The maximum atomic E-state index is 12.7. The van der Waals surface area contributed by atoms with Gasteiger partial charge in [-0.15, -0.1) is 0 Å². The number of halogens is 1. The lowest BCUT2D eigenvalue weighted by Gasteiger charge is -2.28. The number of aromatic nitrogens is 1. The van der Waals surface area contributed by atoms with Gasteiger partial charge in [0, 0.05) is 41.5 Å². The molecule has 0 bridgehead atoms. The second-order valence-corrected chi connectivity index (χ2v) is 10.2. The molecule has 0 aliphatic carbocycles. The molecule has 3 aromatic rings. The number of carbonyl (C=O) groups is 1. The Morgan fingerprint density at radius 2 is 1.81 bits per heavy atom. The molecule has 2 aromatic carbocycles. The largest absolute Gasteiger partial charge is 0.457 e. The smallest absolute Gasteiger partial charge is 0.342 e. The number of hydrogen-bond acceptors (Lipinski definition) is 6. The maximum absolute atomic E-state index is 12.7. The quantitative estimate of drug-likeness (QED) is 0.414. The van der Waals surface area contributed by atoms with Gasteiger partial charge in [-0.2, -0.15) is 0 Å². The number of benzene rings is 2. The highest BCUT2D eigenvalue weighted by molar-refractivity contribution is 6.31. The fourth-order valence-electron chi connectivity index (χ4n) is 5.24. The lowest BCUT2D eigenvalue weighted by Crippen LogP contribution is -2.38. The number of nitrogens with zero attached hydrogens (tertiary/aromatic N) is 3. The number of pyridine rings is 1. The molecule has 2 aliphatic heterocycles. The van der Waals surface area contributed by atoms with Gasteiger partial charge in [-0.05, 0) is 68.6 Å². The summed E-state index contributed by atoms with van der Waals surface area (Å²) in [5.74, 6) is -0.367. The molecular formula is C29H33ClN4O2. The van der Waals surface area contributed by atoms with Crippen LogP contribution in [0.4, 0.5) is 5.82 Å². The summed E-state index contributed by atoms with van der Waals surface area (Å²) < 4.78 is 5.47. The molecule has 36 heavy (non-hydrogen) atoms. The Labute approximate surface area is 218 Å². The van der Waals surface area contributed by atoms with E-state index in [2.05, 4.69) is 39.0 Å². The highest BCUT2D eigenvalue weighted by Crippen LogP contribution is 2.26. The van der Waals surface area contributed by atoms with Gasteiger partial charge in [-0.3, -0.25) is 4.90 Å². The van der Waals surface area contributed by atoms with Crippen molar-refractivity contribution >= 4 is 23.4 Å². The first-order chi connectivity index (χ1) is 17.6. The number of nitrogen functional groups attached to an aromatic ring is 1. The third kappa shape index (κ3) is 5.89.